The molecule has 0 atom stereocenters. The van der Waals surface area contributed by atoms with E-state index in [9.17, 15) is 0 Å². The van der Waals surface area contributed by atoms with Crippen LogP contribution in [0.5, 0.6) is 0 Å². The highest BCUT2D eigenvalue weighted by molar-refractivity contribution is 5.52. The Balaban J connectivity index is 1.90. The zero-order chi connectivity index (χ0) is 14.2. The molecule has 5 nitrogen and oxygen atoms in total. The van der Waals surface area contributed by atoms with Gasteiger partial charge in [-0.2, -0.15) is 0 Å². The Bertz CT molecular complexity index is 507. The van der Waals surface area contributed by atoms with Crippen LogP contribution in [0, 0.1) is 0 Å². The van der Waals surface area contributed by atoms with Crippen molar-refractivity contribution < 1.29 is 4.42 Å². The Morgan fingerprint density at radius 1 is 1.10 bits per heavy atom. The molecule has 0 radical (unpaired) electrons. The molecule has 108 valence electrons. The molecule has 2 N–H and O–H groups in total. The summed E-state index contributed by atoms with van der Waals surface area (Å²) in [4.78, 5) is 0. The van der Waals surface area contributed by atoms with Crippen molar-refractivity contribution in [2.45, 2.75) is 39.7 Å². The fourth-order valence-corrected chi connectivity index (χ4v) is 1.87. The summed E-state index contributed by atoms with van der Waals surface area (Å²) in [6, 6.07) is 8.78. The fraction of sp³-hybridized carbons (Fsp3) is 0.467. The van der Waals surface area contributed by atoms with Gasteiger partial charge in [-0.1, -0.05) is 37.5 Å². The maximum absolute atomic E-state index is 5.49. The van der Waals surface area contributed by atoms with Crippen molar-refractivity contribution in [3.63, 3.8) is 0 Å². The number of rotatable bonds is 8. The molecule has 0 saturated heterocycles. The van der Waals surface area contributed by atoms with Gasteiger partial charge in [0.2, 0.25) is 5.89 Å². The zero-order valence-corrected chi connectivity index (χ0v) is 12.1. The van der Waals surface area contributed by atoms with Gasteiger partial charge in [0.15, 0.2) is 0 Å². The van der Waals surface area contributed by atoms with Crippen LogP contribution in [0.4, 0.5) is 11.7 Å². The minimum absolute atomic E-state index is 0.430. The molecule has 2 aromatic rings. The quantitative estimate of drug-likeness (QED) is 0.773. The van der Waals surface area contributed by atoms with Crippen molar-refractivity contribution in [2.75, 3.05) is 11.9 Å². The van der Waals surface area contributed by atoms with E-state index in [4.69, 9.17) is 4.42 Å². The van der Waals surface area contributed by atoms with Gasteiger partial charge in [-0.15, -0.1) is 5.10 Å². The summed E-state index contributed by atoms with van der Waals surface area (Å²) in [6.45, 7) is 5.72. The summed E-state index contributed by atoms with van der Waals surface area (Å²) in [7, 11) is 0. The van der Waals surface area contributed by atoms with Gasteiger partial charge in [0.1, 0.15) is 0 Å². The molecule has 1 aromatic heterocycles. The Morgan fingerprint density at radius 2 is 1.90 bits per heavy atom. The van der Waals surface area contributed by atoms with E-state index in [-0.39, 0.29) is 0 Å². The fourth-order valence-electron chi connectivity index (χ4n) is 1.87. The van der Waals surface area contributed by atoms with E-state index >= 15 is 0 Å². The number of hydrogen-bond acceptors (Lipinski definition) is 5. The van der Waals surface area contributed by atoms with Gasteiger partial charge in [0.25, 0.3) is 0 Å². The van der Waals surface area contributed by atoms with Crippen molar-refractivity contribution in [1.82, 2.24) is 15.5 Å². The Hall–Kier alpha value is -1.88. The third-order valence-electron chi connectivity index (χ3n) is 3.02. The summed E-state index contributed by atoms with van der Waals surface area (Å²) < 4.78 is 5.49. The van der Waals surface area contributed by atoms with Crippen molar-refractivity contribution >= 4 is 11.7 Å². The van der Waals surface area contributed by atoms with Crippen LogP contribution in [0.2, 0.25) is 0 Å². The molecule has 0 amide bonds. The predicted octanol–water partition coefficient (Wildman–Crippen LogP) is 3.27. The van der Waals surface area contributed by atoms with Gasteiger partial charge in [-0.3, -0.25) is 0 Å². The van der Waals surface area contributed by atoms with Crippen LogP contribution in [0.25, 0.3) is 0 Å². The average molecular weight is 274 g/mol. The van der Waals surface area contributed by atoms with Crippen LogP contribution < -0.4 is 10.6 Å². The van der Waals surface area contributed by atoms with E-state index in [0.29, 0.717) is 18.5 Å². The van der Waals surface area contributed by atoms with Crippen LogP contribution in [-0.4, -0.2) is 16.7 Å². The van der Waals surface area contributed by atoms with Gasteiger partial charge in [-0.05, 0) is 37.1 Å². The van der Waals surface area contributed by atoms with Crippen molar-refractivity contribution in [3.05, 3.63) is 35.7 Å². The molecule has 0 unspecified atom stereocenters. The summed E-state index contributed by atoms with van der Waals surface area (Å²) >= 11 is 0. The van der Waals surface area contributed by atoms with Gasteiger partial charge < -0.3 is 15.1 Å². The number of hydrogen-bond donors (Lipinski definition) is 2. The molecule has 0 fully saturated rings. The average Bonchev–Trinajstić information content (AvgIpc) is 2.92. The van der Waals surface area contributed by atoms with Gasteiger partial charge >= 0.3 is 6.01 Å². The second-order valence-electron chi connectivity index (χ2n) is 4.71. The monoisotopic (exact) mass is 274 g/mol. The van der Waals surface area contributed by atoms with Crippen LogP contribution in [-0.2, 0) is 13.0 Å². The highest BCUT2D eigenvalue weighted by Crippen LogP contribution is 2.16. The number of nitrogens with one attached hydrogen (secondary N) is 2. The molecule has 0 aliphatic rings. The molecule has 0 spiro atoms. The second kappa shape index (κ2) is 7.65. The first-order valence-electron chi connectivity index (χ1n) is 7.21. The van der Waals surface area contributed by atoms with Crippen LogP contribution >= 0.6 is 0 Å². The van der Waals surface area contributed by atoms with E-state index in [1.54, 1.807) is 0 Å². The van der Waals surface area contributed by atoms with Gasteiger partial charge in [-0.25, -0.2) is 0 Å². The highest BCUT2D eigenvalue weighted by atomic mass is 16.4. The number of unbranched alkanes of at least 4 members (excludes halogenated alkanes) is 1. The number of nitrogens with zero attached hydrogens (tertiary/aromatic N) is 2. The number of aryl methyl sites for hydroxylation is 1. The van der Waals surface area contributed by atoms with Crippen LogP contribution in [0.15, 0.2) is 28.7 Å². The molecule has 0 aliphatic heterocycles. The summed E-state index contributed by atoms with van der Waals surface area (Å²) in [5, 5.41) is 14.2. The minimum atomic E-state index is 0.430. The van der Waals surface area contributed by atoms with Gasteiger partial charge in [0, 0.05) is 5.69 Å². The largest absolute Gasteiger partial charge is 0.406 e. The van der Waals surface area contributed by atoms with Crippen LogP contribution in [0.1, 0.15) is 38.1 Å². The topological polar surface area (TPSA) is 63.0 Å². The predicted molar refractivity (Wildman–Crippen MR) is 80.0 cm³/mol. The Labute approximate surface area is 119 Å². The third kappa shape index (κ3) is 4.35. The van der Waals surface area contributed by atoms with E-state index < -0.39 is 0 Å². The first-order valence-corrected chi connectivity index (χ1v) is 7.21. The first-order chi connectivity index (χ1) is 9.81. The Kier molecular flexibility index (Phi) is 5.55. The maximum Gasteiger partial charge on any atom is 0.320 e. The molecule has 20 heavy (non-hydrogen) atoms. The Morgan fingerprint density at radius 3 is 2.60 bits per heavy atom. The SMILES string of the molecule is CCCCc1ccc(Nc2nnc(CNCC)o2)cc1. The lowest BCUT2D eigenvalue weighted by atomic mass is 10.1. The zero-order valence-electron chi connectivity index (χ0n) is 12.1. The number of benzene rings is 1. The minimum Gasteiger partial charge on any atom is -0.406 e. The van der Waals surface area contributed by atoms with Crippen molar-refractivity contribution in [2.24, 2.45) is 0 Å². The molecule has 0 bridgehead atoms. The lowest BCUT2D eigenvalue weighted by Gasteiger charge is -2.03. The smallest absolute Gasteiger partial charge is 0.320 e. The summed E-state index contributed by atoms with van der Waals surface area (Å²) in [6.07, 6.45) is 3.57. The molecule has 1 aromatic carbocycles. The number of anilines is 2. The second-order valence-corrected chi connectivity index (χ2v) is 4.71. The van der Waals surface area contributed by atoms with E-state index in [2.05, 4.69) is 39.9 Å². The number of aromatic nitrogens is 2. The molecule has 5 heteroatoms. The molecule has 2 rings (SSSR count). The normalized spacial score (nSPS) is 10.7. The molecule has 1 heterocycles. The lowest BCUT2D eigenvalue weighted by molar-refractivity contribution is 0.484. The van der Waals surface area contributed by atoms with Gasteiger partial charge in [0.05, 0.1) is 6.54 Å². The summed E-state index contributed by atoms with van der Waals surface area (Å²) in [5.41, 5.74) is 2.32. The van der Waals surface area contributed by atoms with E-state index in [0.717, 1.165) is 18.7 Å². The molecular formula is C15H22N4O. The lowest BCUT2D eigenvalue weighted by Crippen LogP contribution is -2.11. The van der Waals surface area contributed by atoms with Crippen LogP contribution in [0.3, 0.4) is 0 Å². The first kappa shape index (κ1) is 14.5. The molecular weight excluding hydrogens is 252 g/mol. The van der Waals surface area contributed by atoms with E-state index in [1.165, 1.54) is 18.4 Å². The van der Waals surface area contributed by atoms with E-state index in [1.807, 2.05) is 19.1 Å². The van der Waals surface area contributed by atoms with Crippen molar-refractivity contribution in [1.29, 1.82) is 0 Å². The summed E-state index contributed by atoms with van der Waals surface area (Å²) in [5.74, 6) is 0.592. The third-order valence-corrected chi connectivity index (χ3v) is 3.02. The standard InChI is InChI=1S/C15H22N4O/c1-3-5-6-12-7-9-13(10-8-12)17-15-19-18-14(20-15)11-16-4-2/h7-10,16H,3-6,11H2,1-2H3,(H,17,19). The highest BCUT2D eigenvalue weighted by Gasteiger charge is 2.05. The molecule has 0 aliphatic carbocycles. The van der Waals surface area contributed by atoms with Crippen molar-refractivity contribution in [3.8, 4) is 0 Å². The molecule has 0 saturated carbocycles. The maximum atomic E-state index is 5.49.